The molecule has 1 amide bonds. The number of esters is 2. The Labute approximate surface area is 116 Å². The highest BCUT2D eigenvalue weighted by atomic mass is 16.6. The lowest BCUT2D eigenvalue weighted by molar-refractivity contribution is -0.157. The van der Waals surface area contributed by atoms with Crippen LogP contribution in [-0.4, -0.2) is 41.7 Å². The SMILES string of the molecule is CCOC(=O)C(NC(=O)c1cccn1C)C(=O)OCC. The molecule has 1 aromatic rings. The van der Waals surface area contributed by atoms with Gasteiger partial charge in [-0.15, -0.1) is 0 Å². The van der Waals surface area contributed by atoms with Gasteiger partial charge in [-0.25, -0.2) is 9.59 Å². The maximum Gasteiger partial charge on any atom is 0.340 e. The fourth-order valence-corrected chi connectivity index (χ4v) is 1.57. The second kappa shape index (κ2) is 7.32. The van der Waals surface area contributed by atoms with Crippen LogP contribution in [-0.2, 0) is 26.1 Å². The van der Waals surface area contributed by atoms with Crippen LogP contribution in [0.2, 0.25) is 0 Å². The number of nitrogens with zero attached hydrogens (tertiary/aromatic N) is 1. The molecule has 20 heavy (non-hydrogen) atoms. The zero-order valence-electron chi connectivity index (χ0n) is 11.7. The Balaban J connectivity index is 2.84. The summed E-state index contributed by atoms with van der Waals surface area (Å²) in [7, 11) is 1.68. The summed E-state index contributed by atoms with van der Waals surface area (Å²) in [6.45, 7) is 3.43. The molecule has 0 bridgehead atoms. The van der Waals surface area contributed by atoms with Crippen LogP contribution in [0, 0.1) is 0 Å². The molecule has 0 aliphatic rings. The number of carbonyl (C=O) groups excluding carboxylic acids is 3. The molecule has 110 valence electrons. The van der Waals surface area contributed by atoms with Gasteiger partial charge in [0.15, 0.2) is 0 Å². The Morgan fingerprint density at radius 3 is 2.15 bits per heavy atom. The normalized spacial score (nSPS) is 10.2. The summed E-state index contributed by atoms with van der Waals surface area (Å²) in [5, 5.41) is 2.32. The van der Waals surface area contributed by atoms with Crippen molar-refractivity contribution in [2.24, 2.45) is 7.05 Å². The first-order valence-corrected chi connectivity index (χ1v) is 6.26. The van der Waals surface area contributed by atoms with Crippen molar-refractivity contribution in [3.8, 4) is 0 Å². The number of carbonyl (C=O) groups is 3. The second-order valence-electron chi connectivity index (χ2n) is 3.91. The monoisotopic (exact) mass is 282 g/mol. The van der Waals surface area contributed by atoms with Gasteiger partial charge in [-0.05, 0) is 26.0 Å². The molecular formula is C13H18N2O5. The van der Waals surface area contributed by atoms with E-state index >= 15 is 0 Å². The van der Waals surface area contributed by atoms with Gasteiger partial charge in [0.25, 0.3) is 5.91 Å². The summed E-state index contributed by atoms with van der Waals surface area (Å²) in [5.74, 6) is -2.23. The standard InChI is InChI=1S/C13H18N2O5/c1-4-19-12(17)10(13(18)20-5-2)14-11(16)9-7-6-8-15(9)3/h6-8,10H,4-5H2,1-3H3,(H,14,16). The molecule has 1 heterocycles. The third-order valence-corrected chi connectivity index (χ3v) is 2.50. The minimum Gasteiger partial charge on any atom is -0.464 e. The lowest BCUT2D eigenvalue weighted by Gasteiger charge is -2.16. The maximum atomic E-state index is 12.0. The van der Waals surface area contributed by atoms with E-state index in [0.717, 1.165) is 0 Å². The Kier molecular flexibility index (Phi) is 5.76. The molecule has 1 rings (SSSR count). The van der Waals surface area contributed by atoms with Crippen LogP contribution >= 0.6 is 0 Å². The molecule has 0 atom stereocenters. The van der Waals surface area contributed by atoms with E-state index < -0.39 is 23.9 Å². The zero-order chi connectivity index (χ0) is 15.1. The van der Waals surface area contributed by atoms with Crippen LogP contribution < -0.4 is 5.32 Å². The molecular weight excluding hydrogens is 264 g/mol. The second-order valence-corrected chi connectivity index (χ2v) is 3.91. The van der Waals surface area contributed by atoms with Gasteiger partial charge in [-0.1, -0.05) is 0 Å². The molecule has 0 aromatic carbocycles. The van der Waals surface area contributed by atoms with Crippen molar-refractivity contribution in [3.05, 3.63) is 24.0 Å². The number of nitrogens with one attached hydrogen (secondary N) is 1. The molecule has 0 aliphatic heterocycles. The van der Waals surface area contributed by atoms with Crippen LogP contribution in [0.5, 0.6) is 0 Å². The largest absolute Gasteiger partial charge is 0.464 e. The van der Waals surface area contributed by atoms with Crippen LogP contribution in [0.15, 0.2) is 18.3 Å². The van der Waals surface area contributed by atoms with Crippen molar-refractivity contribution in [2.45, 2.75) is 19.9 Å². The molecule has 7 heteroatoms. The number of amides is 1. The summed E-state index contributed by atoms with van der Waals surface area (Å²) in [4.78, 5) is 35.4. The van der Waals surface area contributed by atoms with E-state index in [0.29, 0.717) is 5.69 Å². The van der Waals surface area contributed by atoms with Gasteiger partial charge >= 0.3 is 11.9 Å². The van der Waals surface area contributed by atoms with Crippen molar-refractivity contribution in [1.29, 1.82) is 0 Å². The Morgan fingerprint density at radius 2 is 1.75 bits per heavy atom. The molecule has 0 spiro atoms. The molecule has 0 aliphatic carbocycles. The fraction of sp³-hybridized carbons (Fsp3) is 0.462. The fourth-order valence-electron chi connectivity index (χ4n) is 1.57. The highest BCUT2D eigenvalue weighted by Gasteiger charge is 2.31. The van der Waals surface area contributed by atoms with Crippen molar-refractivity contribution in [3.63, 3.8) is 0 Å². The van der Waals surface area contributed by atoms with E-state index in [2.05, 4.69) is 5.32 Å². The van der Waals surface area contributed by atoms with Crippen LogP contribution in [0.25, 0.3) is 0 Å². The first-order valence-electron chi connectivity index (χ1n) is 6.26. The van der Waals surface area contributed by atoms with E-state index in [4.69, 9.17) is 9.47 Å². The summed E-state index contributed by atoms with van der Waals surface area (Å²) in [5.41, 5.74) is 0.323. The first kappa shape index (κ1) is 15.7. The lowest BCUT2D eigenvalue weighted by atomic mass is 10.2. The van der Waals surface area contributed by atoms with Crippen LogP contribution in [0.1, 0.15) is 24.3 Å². The van der Waals surface area contributed by atoms with Crippen molar-refractivity contribution >= 4 is 17.8 Å². The van der Waals surface area contributed by atoms with E-state index in [1.807, 2.05) is 0 Å². The van der Waals surface area contributed by atoms with Gasteiger partial charge in [0.05, 0.1) is 13.2 Å². The molecule has 0 saturated heterocycles. The van der Waals surface area contributed by atoms with Gasteiger partial charge in [0.1, 0.15) is 5.69 Å². The number of hydrogen-bond acceptors (Lipinski definition) is 5. The van der Waals surface area contributed by atoms with Crippen molar-refractivity contribution in [1.82, 2.24) is 9.88 Å². The Hall–Kier alpha value is -2.31. The number of aromatic nitrogens is 1. The summed E-state index contributed by atoms with van der Waals surface area (Å²) >= 11 is 0. The molecule has 0 unspecified atom stereocenters. The average molecular weight is 282 g/mol. The minimum absolute atomic E-state index is 0.106. The first-order chi connectivity index (χ1) is 9.51. The average Bonchev–Trinajstić information content (AvgIpc) is 2.82. The summed E-state index contributed by atoms with van der Waals surface area (Å²) in [6.07, 6.45) is 1.68. The molecule has 0 fully saturated rings. The van der Waals surface area contributed by atoms with Crippen molar-refractivity contribution < 1.29 is 23.9 Å². The molecule has 1 N–H and O–H groups in total. The molecule has 0 saturated carbocycles. The minimum atomic E-state index is -1.46. The quantitative estimate of drug-likeness (QED) is 0.597. The predicted molar refractivity (Wildman–Crippen MR) is 69.9 cm³/mol. The molecule has 7 nitrogen and oxygen atoms in total. The zero-order valence-corrected chi connectivity index (χ0v) is 11.7. The van der Waals surface area contributed by atoms with Crippen LogP contribution in [0.4, 0.5) is 0 Å². The molecule has 1 aromatic heterocycles. The number of rotatable bonds is 6. The van der Waals surface area contributed by atoms with E-state index in [1.54, 1.807) is 43.8 Å². The number of aryl methyl sites for hydroxylation is 1. The number of hydrogen-bond donors (Lipinski definition) is 1. The number of ether oxygens (including phenoxy) is 2. The third-order valence-electron chi connectivity index (χ3n) is 2.50. The van der Waals surface area contributed by atoms with E-state index in [-0.39, 0.29) is 13.2 Å². The van der Waals surface area contributed by atoms with E-state index in [9.17, 15) is 14.4 Å². The maximum absolute atomic E-state index is 12.0. The van der Waals surface area contributed by atoms with Gasteiger partial charge in [-0.3, -0.25) is 4.79 Å². The van der Waals surface area contributed by atoms with Gasteiger partial charge in [0.2, 0.25) is 6.04 Å². The van der Waals surface area contributed by atoms with Crippen molar-refractivity contribution in [2.75, 3.05) is 13.2 Å². The van der Waals surface area contributed by atoms with Gasteiger partial charge in [0, 0.05) is 13.2 Å². The van der Waals surface area contributed by atoms with Crippen LogP contribution in [0.3, 0.4) is 0 Å². The van der Waals surface area contributed by atoms with E-state index in [1.165, 1.54) is 0 Å². The Morgan fingerprint density at radius 1 is 1.20 bits per heavy atom. The highest BCUT2D eigenvalue weighted by Crippen LogP contribution is 2.02. The lowest BCUT2D eigenvalue weighted by Crippen LogP contribution is -2.48. The predicted octanol–water partition coefficient (Wildman–Crippen LogP) is 0.250. The van der Waals surface area contributed by atoms with Gasteiger partial charge in [-0.2, -0.15) is 0 Å². The topological polar surface area (TPSA) is 86.6 Å². The summed E-state index contributed by atoms with van der Waals surface area (Å²) in [6, 6.07) is 1.79. The summed E-state index contributed by atoms with van der Waals surface area (Å²) < 4.78 is 11.1. The Bertz CT molecular complexity index is 477. The highest BCUT2D eigenvalue weighted by molar-refractivity contribution is 6.05. The third kappa shape index (κ3) is 3.84. The smallest absolute Gasteiger partial charge is 0.340 e. The molecule has 0 radical (unpaired) electrons. The van der Waals surface area contributed by atoms with Gasteiger partial charge < -0.3 is 19.4 Å².